The van der Waals surface area contributed by atoms with Crippen LogP contribution in [0.3, 0.4) is 0 Å². The van der Waals surface area contributed by atoms with Crippen molar-refractivity contribution in [3.05, 3.63) is 22.7 Å². The first-order valence-electron chi connectivity index (χ1n) is 14.4. The van der Waals surface area contributed by atoms with E-state index in [4.69, 9.17) is 19.9 Å². The van der Waals surface area contributed by atoms with Crippen molar-refractivity contribution in [1.82, 2.24) is 9.55 Å². The highest BCUT2D eigenvalue weighted by molar-refractivity contribution is 8.00. The van der Waals surface area contributed by atoms with Crippen molar-refractivity contribution in [1.29, 1.82) is 0 Å². The number of aromatic nitrogens is 2. The third-order valence-electron chi connectivity index (χ3n) is 8.73. The van der Waals surface area contributed by atoms with Crippen LogP contribution in [0.15, 0.2) is 17.1 Å². The second kappa shape index (κ2) is 12.3. The van der Waals surface area contributed by atoms with Gasteiger partial charge in [0.2, 0.25) is 0 Å². The molecule has 4 aliphatic rings. The average molecular weight is 562 g/mol. The lowest BCUT2D eigenvalue weighted by Crippen LogP contribution is -2.55. The van der Waals surface area contributed by atoms with E-state index in [0.717, 1.165) is 77.0 Å². The highest BCUT2D eigenvalue weighted by Gasteiger charge is 2.56. The van der Waals surface area contributed by atoms with Crippen LogP contribution in [0.2, 0.25) is 0 Å². The van der Waals surface area contributed by atoms with Crippen molar-refractivity contribution in [2.24, 2.45) is 17.8 Å². The molecule has 11 heteroatoms. The van der Waals surface area contributed by atoms with Crippen molar-refractivity contribution < 1.29 is 28.6 Å². The number of carbonyl (C=O) groups excluding carboxylic acids is 3. The Morgan fingerprint density at radius 3 is 2.08 bits per heavy atom. The zero-order valence-electron chi connectivity index (χ0n) is 22.4. The highest BCUT2D eigenvalue weighted by Crippen LogP contribution is 2.43. The molecule has 0 bridgehead atoms. The van der Waals surface area contributed by atoms with Crippen LogP contribution in [0.25, 0.3) is 0 Å². The summed E-state index contributed by atoms with van der Waals surface area (Å²) in [4.78, 5) is 56.0. The summed E-state index contributed by atoms with van der Waals surface area (Å²) >= 11 is 1.45. The van der Waals surface area contributed by atoms with Gasteiger partial charge in [0.25, 0.3) is 0 Å². The molecule has 4 fully saturated rings. The molecule has 3 atom stereocenters. The first-order chi connectivity index (χ1) is 18.8. The number of nitrogens with zero attached hydrogens (tertiary/aromatic N) is 2. The third-order valence-corrected chi connectivity index (χ3v) is 10.2. The molecular formula is C28H39N3O7S. The Morgan fingerprint density at radius 2 is 1.49 bits per heavy atom. The smallest absolute Gasteiger partial charge is 0.349 e. The zero-order valence-corrected chi connectivity index (χ0v) is 23.2. The highest BCUT2D eigenvalue weighted by atomic mass is 32.2. The maximum absolute atomic E-state index is 13.4. The van der Waals surface area contributed by atoms with Crippen LogP contribution in [0, 0.1) is 17.8 Å². The van der Waals surface area contributed by atoms with Gasteiger partial charge in [0.15, 0.2) is 11.7 Å². The standard InChI is InChI=1S/C28H39N3O7S/c29-22-13-14-31(27(35)30-22)16-28(38-26(34)20-11-5-6-12-20)17-39-21(15-36-24(32)18-7-1-2-8-18)23(28)37-25(33)19-9-3-4-10-19/h13-14,18-21,23H,1-12,15-17H2,(H2,29,30,35)/t21-,23?,28?/m1/s1. The van der Waals surface area contributed by atoms with E-state index in [9.17, 15) is 19.2 Å². The molecule has 1 aromatic heterocycles. The van der Waals surface area contributed by atoms with Gasteiger partial charge in [-0.1, -0.05) is 38.5 Å². The summed E-state index contributed by atoms with van der Waals surface area (Å²) in [6.07, 6.45) is 11.2. The Kier molecular flexibility index (Phi) is 8.83. The van der Waals surface area contributed by atoms with Gasteiger partial charge in [-0.25, -0.2) is 4.79 Å². The molecule has 39 heavy (non-hydrogen) atoms. The van der Waals surface area contributed by atoms with Gasteiger partial charge in [-0.05, 0) is 44.6 Å². The maximum atomic E-state index is 13.4. The van der Waals surface area contributed by atoms with Gasteiger partial charge in [0.05, 0.1) is 29.5 Å². The average Bonchev–Trinajstić information content (AvgIpc) is 3.74. The van der Waals surface area contributed by atoms with Crippen LogP contribution >= 0.6 is 11.8 Å². The Balaban J connectivity index is 1.43. The SMILES string of the molecule is Nc1ccn(CC2(OC(=O)C3CCCC3)CS[C@H](COC(=O)C3CCCC3)C2OC(=O)C2CCCC2)c(=O)n1. The van der Waals surface area contributed by atoms with E-state index in [-0.39, 0.29) is 60.4 Å². The predicted molar refractivity (Wildman–Crippen MR) is 145 cm³/mol. The number of carbonyl (C=O) groups is 3. The summed E-state index contributed by atoms with van der Waals surface area (Å²) in [6, 6.07) is 1.51. The fourth-order valence-electron chi connectivity index (χ4n) is 6.45. The van der Waals surface area contributed by atoms with Gasteiger partial charge in [-0.3, -0.25) is 19.0 Å². The first-order valence-corrected chi connectivity index (χ1v) is 15.4. The van der Waals surface area contributed by atoms with E-state index in [2.05, 4.69) is 4.98 Å². The largest absolute Gasteiger partial charge is 0.464 e. The van der Waals surface area contributed by atoms with E-state index in [1.54, 1.807) is 0 Å². The fourth-order valence-corrected chi connectivity index (χ4v) is 7.91. The van der Waals surface area contributed by atoms with Crippen LogP contribution in [-0.4, -0.2) is 56.8 Å². The second-order valence-corrected chi connectivity index (χ2v) is 12.8. The molecule has 5 rings (SSSR count). The Morgan fingerprint density at radius 1 is 0.923 bits per heavy atom. The number of esters is 3. The zero-order chi connectivity index (χ0) is 27.4. The van der Waals surface area contributed by atoms with Crippen molar-refractivity contribution in [2.45, 2.75) is 101 Å². The van der Waals surface area contributed by atoms with E-state index in [1.807, 2.05) is 0 Å². The Hall–Kier alpha value is -2.56. The van der Waals surface area contributed by atoms with Gasteiger partial charge in [-0.15, -0.1) is 11.8 Å². The minimum atomic E-state index is -1.31. The molecule has 2 heterocycles. The Labute approximate surface area is 232 Å². The molecule has 10 nitrogen and oxygen atoms in total. The summed E-state index contributed by atoms with van der Waals surface area (Å²) < 4.78 is 19.6. The van der Waals surface area contributed by atoms with Crippen LogP contribution < -0.4 is 11.4 Å². The number of hydrogen-bond donors (Lipinski definition) is 1. The lowest BCUT2D eigenvalue weighted by molar-refractivity contribution is -0.190. The number of hydrogen-bond acceptors (Lipinski definition) is 10. The summed E-state index contributed by atoms with van der Waals surface area (Å²) in [5.41, 5.74) is 3.81. The topological polar surface area (TPSA) is 140 Å². The van der Waals surface area contributed by atoms with Gasteiger partial charge >= 0.3 is 23.6 Å². The van der Waals surface area contributed by atoms with Crippen LogP contribution in [-0.2, 0) is 35.1 Å². The molecule has 2 unspecified atom stereocenters. The number of anilines is 1. The van der Waals surface area contributed by atoms with Gasteiger partial charge in [0.1, 0.15) is 12.4 Å². The van der Waals surface area contributed by atoms with Gasteiger partial charge in [0, 0.05) is 11.9 Å². The minimum absolute atomic E-state index is 0.0414. The van der Waals surface area contributed by atoms with Crippen LogP contribution in [0.5, 0.6) is 0 Å². The molecule has 0 amide bonds. The maximum Gasteiger partial charge on any atom is 0.349 e. The molecule has 214 valence electrons. The van der Waals surface area contributed by atoms with Crippen molar-refractivity contribution in [2.75, 3.05) is 18.1 Å². The third kappa shape index (κ3) is 6.44. The van der Waals surface area contributed by atoms with Crippen molar-refractivity contribution in [3.63, 3.8) is 0 Å². The molecule has 0 radical (unpaired) electrons. The molecule has 2 N–H and O–H groups in total. The van der Waals surface area contributed by atoms with E-state index < -0.39 is 22.6 Å². The normalized spacial score (nSPS) is 28.1. The molecule has 0 spiro atoms. The molecule has 3 saturated carbocycles. The Bertz CT molecular complexity index is 1110. The number of nitrogens with two attached hydrogens (primary N) is 1. The van der Waals surface area contributed by atoms with Crippen molar-refractivity contribution >= 4 is 35.5 Å². The second-order valence-electron chi connectivity index (χ2n) is 11.5. The summed E-state index contributed by atoms with van der Waals surface area (Å²) in [6.45, 7) is 0.000483. The number of ether oxygens (including phenoxy) is 3. The van der Waals surface area contributed by atoms with Crippen LogP contribution in [0.4, 0.5) is 5.82 Å². The predicted octanol–water partition coefficient (Wildman–Crippen LogP) is 3.25. The molecular weight excluding hydrogens is 522 g/mol. The van der Waals surface area contributed by atoms with Gasteiger partial charge in [-0.2, -0.15) is 4.98 Å². The van der Waals surface area contributed by atoms with Crippen molar-refractivity contribution in [3.8, 4) is 0 Å². The first kappa shape index (κ1) is 28.0. The monoisotopic (exact) mass is 561 g/mol. The van der Waals surface area contributed by atoms with E-state index >= 15 is 0 Å². The molecule has 3 aliphatic carbocycles. The summed E-state index contributed by atoms with van der Waals surface area (Å²) in [7, 11) is 0. The lowest BCUT2D eigenvalue weighted by Gasteiger charge is -2.37. The van der Waals surface area contributed by atoms with Crippen LogP contribution in [0.1, 0.15) is 77.0 Å². The minimum Gasteiger partial charge on any atom is -0.464 e. The van der Waals surface area contributed by atoms with Gasteiger partial charge < -0.3 is 19.9 Å². The fraction of sp³-hybridized carbons (Fsp3) is 0.750. The summed E-state index contributed by atoms with van der Waals surface area (Å²) in [5, 5.41) is -0.436. The molecule has 1 saturated heterocycles. The molecule has 0 aromatic carbocycles. The number of rotatable bonds is 9. The number of thioether (sulfide) groups is 1. The lowest BCUT2D eigenvalue weighted by atomic mass is 9.94. The molecule has 1 aromatic rings. The molecule has 1 aliphatic heterocycles. The van der Waals surface area contributed by atoms with E-state index in [1.165, 1.54) is 28.6 Å². The number of nitrogen functional groups attached to an aromatic ring is 1. The van der Waals surface area contributed by atoms with E-state index in [0.29, 0.717) is 0 Å². The quantitative estimate of drug-likeness (QED) is 0.353. The summed E-state index contributed by atoms with van der Waals surface area (Å²) in [5.74, 6) is -1.04.